The zero-order valence-electron chi connectivity index (χ0n) is 14.2. The van der Waals surface area contributed by atoms with E-state index in [-0.39, 0.29) is 11.1 Å². The third-order valence-corrected chi connectivity index (χ3v) is 8.62. The molecular formula is C22H26OSi. The monoisotopic (exact) mass is 334 g/mol. The van der Waals surface area contributed by atoms with Gasteiger partial charge in [0.25, 0.3) is 0 Å². The van der Waals surface area contributed by atoms with E-state index >= 15 is 0 Å². The highest BCUT2D eigenvalue weighted by Crippen LogP contribution is 2.41. The van der Waals surface area contributed by atoms with Gasteiger partial charge >= 0.3 is 0 Å². The Balaban J connectivity index is 2.09. The Morgan fingerprint density at radius 2 is 1.62 bits per heavy atom. The molecule has 0 bridgehead atoms. The third-order valence-electron chi connectivity index (χ3n) is 5.17. The van der Waals surface area contributed by atoms with E-state index in [1.165, 1.54) is 17.2 Å². The van der Waals surface area contributed by atoms with Crippen molar-refractivity contribution in [1.82, 2.24) is 0 Å². The molecule has 0 radical (unpaired) electrons. The predicted octanol–water partition coefficient (Wildman–Crippen LogP) is 4.29. The lowest BCUT2D eigenvalue weighted by molar-refractivity contribution is -0.0302. The van der Waals surface area contributed by atoms with Crippen molar-refractivity contribution >= 4 is 14.0 Å². The summed E-state index contributed by atoms with van der Waals surface area (Å²) in [4.78, 5) is 0. The van der Waals surface area contributed by atoms with Crippen LogP contribution in [0.3, 0.4) is 0 Å². The highest BCUT2D eigenvalue weighted by atomic mass is 28.3. The Hall–Kier alpha value is -1.90. The van der Waals surface area contributed by atoms with Crippen molar-refractivity contribution in [3.05, 3.63) is 91.2 Å². The summed E-state index contributed by atoms with van der Waals surface area (Å²) in [6.45, 7) is 9.23. The van der Waals surface area contributed by atoms with Crippen LogP contribution in [0.1, 0.15) is 30.7 Å². The van der Waals surface area contributed by atoms with Gasteiger partial charge in [-0.25, -0.2) is 0 Å². The average Bonchev–Trinajstić information content (AvgIpc) is 2.65. The van der Waals surface area contributed by atoms with Crippen LogP contribution in [-0.4, -0.2) is 20.6 Å². The van der Waals surface area contributed by atoms with Gasteiger partial charge < -0.3 is 4.74 Å². The number of ether oxygens (including phenoxy) is 1. The molecule has 0 spiro atoms. The standard InChI is InChI=1S/C22H26OSi/c1-3-21(19-13-7-5-8-14-19)22(17-11-12-18-23-22)24(4-2)20-15-9-6-10-16-20/h3-10,13-16,21,24H,1-2,11-12,17-18H2. The summed E-state index contributed by atoms with van der Waals surface area (Å²) < 4.78 is 6.60. The zero-order valence-corrected chi connectivity index (χ0v) is 15.4. The van der Waals surface area contributed by atoms with E-state index in [4.69, 9.17) is 4.74 Å². The average molecular weight is 335 g/mol. The SMILES string of the molecule is C=CC(c1ccccc1)C1([SiH](C=C)c2ccccc2)CCCCO1. The summed E-state index contributed by atoms with van der Waals surface area (Å²) in [5.41, 5.74) is 3.49. The molecule has 0 aliphatic carbocycles. The van der Waals surface area contributed by atoms with Crippen molar-refractivity contribution < 1.29 is 4.74 Å². The number of rotatable bonds is 6. The van der Waals surface area contributed by atoms with Crippen LogP contribution in [0.5, 0.6) is 0 Å². The van der Waals surface area contributed by atoms with Gasteiger partial charge in [-0.3, -0.25) is 0 Å². The van der Waals surface area contributed by atoms with Gasteiger partial charge in [0.15, 0.2) is 0 Å². The maximum atomic E-state index is 6.60. The normalized spacial score (nSPS) is 23.2. The lowest BCUT2D eigenvalue weighted by Gasteiger charge is -2.46. The Morgan fingerprint density at radius 1 is 0.958 bits per heavy atom. The summed E-state index contributed by atoms with van der Waals surface area (Å²) in [5.74, 6) is 0.203. The molecule has 24 heavy (non-hydrogen) atoms. The summed E-state index contributed by atoms with van der Waals surface area (Å²) in [6, 6.07) is 21.5. The second-order valence-electron chi connectivity index (χ2n) is 6.51. The molecule has 2 aromatic rings. The first-order valence-corrected chi connectivity index (χ1v) is 10.6. The quantitative estimate of drug-likeness (QED) is 0.565. The minimum atomic E-state index is -1.56. The summed E-state index contributed by atoms with van der Waals surface area (Å²) in [7, 11) is -1.56. The number of hydrogen-bond acceptors (Lipinski definition) is 1. The van der Waals surface area contributed by atoms with Crippen molar-refractivity contribution in [3.8, 4) is 0 Å². The van der Waals surface area contributed by atoms with Crippen LogP contribution < -0.4 is 5.19 Å². The number of benzene rings is 2. The molecule has 1 nitrogen and oxygen atoms in total. The van der Waals surface area contributed by atoms with E-state index in [0.29, 0.717) is 0 Å². The topological polar surface area (TPSA) is 9.23 Å². The lowest BCUT2D eigenvalue weighted by Crippen LogP contribution is -2.58. The number of hydrogen-bond donors (Lipinski definition) is 0. The largest absolute Gasteiger partial charge is 0.377 e. The molecule has 1 heterocycles. The van der Waals surface area contributed by atoms with Gasteiger partial charge in [-0.05, 0) is 24.8 Å². The first kappa shape index (κ1) is 16.9. The second kappa shape index (κ2) is 7.78. The van der Waals surface area contributed by atoms with Crippen molar-refractivity contribution in [3.63, 3.8) is 0 Å². The van der Waals surface area contributed by atoms with E-state index in [9.17, 15) is 0 Å². The third kappa shape index (κ3) is 3.17. The van der Waals surface area contributed by atoms with Gasteiger partial charge in [0.05, 0.1) is 5.22 Å². The Morgan fingerprint density at radius 3 is 2.17 bits per heavy atom. The van der Waals surface area contributed by atoms with Crippen molar-refractivity contribution in [2.45, 2.75) is 30.4 Å². The van der Waals surface area contributed by atoms with E-state index in [0.717, 1.165) is 19.4 Å². The molecule has 124 valence electrons. The van der Waals surface area contributed by atoms with Crippen molar-refractivity contribution in [2.75, 3.05) is 6.61 Å². The molecule has 1 aliphatic heterocycles. The molecule has 3 unspecified atom stereocenters. The molecule has 1 fully saturated rings. The second-order valence-corrected chi connectivity index (χ2v) is 9.58. The zero-order chi connectivity index (χ0) is 16.8. The van der Waals surface area contributed by atoms with E-state index in [1.54, 1.807) is 0 Å². The molecule has 0 amide bonds. The fraction of sp³-hybridized carbons (Fsp3) is 0.273. The molecule has 1 saturated heterocycles. The van der Waals surface area contributed by atoms with Gasteiger partial charge in [-0.2, -0.15) is 0 Å². The molecule has 3 atom stereocenters. The van der Waals surface area contributed by atoms with Gasteiger partial charge in [0, 0.05) is 12.5 Å². The Kier molecular flexibility index (Phi) is 5.49. The van der Waals surface area contributed by atoms with Gasteiger partial charge in [0.1, 0.15) is 8.80 Å². The van der Waals surface area contributed by atoms with Gasteiger partial charge in [-0.15, -0.1) is 13.2 Å². The Bertz CT molecular complexity index is 605. The molecule has 2 aromatic carbocycles. The van der Waals surface area contributed by atoms with Crippen LogP contribution in [0.4, 0.5) is 0 Å². The highest BCUT2D eigenvalue weighted by molar-refractivity contribution is 6.80. The lowest BCUT2D eigenvalue weighted by atomic mass is 9.88. The molecule has 3 rings (SSSR count). The minimum Gasteiger partial charge on any atom is -0.377 e. The van der Waals surface area contributed by atoms with Crippen LogP contribution in [0, 0.1) is 0 Å². The fourth-order valence-electron chi connectivity index (χ4n) is 4.08. The predicted molar refractivity (Wildman–Crippen MR) is 105 cm³/mol. The minimum absolute atomic E-state index is 0.176. The highest BCUT2D eigenvalue weighted by Gasteiger charge is 2.47. The molecule has 0 aromatic heterocycles. The van der Waals surface area contributed by atoms with Crippen LogP contribution in [0.2, 0.25) is 0 Å². The van der Waals surface area contributed by atoms with E-state index < -0.39 is 8.80 Å². The van der Waals surface area contributed by atoms with E-state index in [2.05, 4.69) is 85.6 Å². The summed E-state index contributed by atoms with van der Waals surface area (Å²) in [5, 5.41) is 1.22. The van der Waals surface area contributed by atoms with Crippen LogP contribution in [0.25, 0.3) is 0 Å². The molecule has 2 heteroatoms. The maximum Gasteiger partial charge on any atom is 0.131 e. The molecule has 1 aliphatic rings. The summed E-state index contributed by atoms with van der Waals surface area (Å²) >= 11 is 0. The first-order valence-electron chi connectivity index (χ1n) is 8.81. The molecular weight excluding hydrogens is 308 g/mol. The smallest absolute Gasteiger partial charge is 0.131 e. The van der Waals surface area contributed by atoms with Crippen LogP contribution in [-0.2, 0) is 4.74 Å². The maximum absolute atomic E-state index is 6.60. The van der Waals surface area contributed by atoms with Crippen LogP contribution >= 0.6 is 0 Å². The van der Waals surface area contributed by atoms with Gasteiger partial charge in [-0.1, -0.05) is 77.6 Å². The summed E-state index contributed by atoms with van der Waals surface area (Å²) in [6.07, 6.45) is 5.53. The van der Waals surface area contributed by atoms with Crippen molar-refractivity contribution in [2.24, 2.45) is 0 Å². The van der Waals surface area contributed by atoms with E-state index in [1.807, 2.05) is 0 Å². The molecule has 0 N–H and O–H groups in total. The van der Waals surface area contributed by atoms with Crippen LogP contribution in [0.15, 0.2) is 85.6 Å². The van der Waals surface area contributed by atoms with Gasteiger partial charge in [0.2, 0.25) is 0 Å². The molecule has 0 saturated carbocycles. The first-order chi connectivity index (χ1) is 11.8. The van der Waals surface area contributed by atoms with Crippen molar-refractivity contribution in [1.29, 1.82) is 0 Å². The Labute approximate surface area is 147 Å². The fourth-order valence-corrected chi connectivity index (χ4v) is 7.48.